The van der Waals surface area contributed by atoms with Gasteiger partial charge in [-0.05, 0) is 26.3 Å². The molecule has 0 unspecified atom stereocenters. The van der Waals surface area contributed by atoms with Crippen LogP contribution in [0.5, 0.6) is 0 Å². The molecule has 158 valence electrons. The van der Waals surface area contributed by atoms with Crippen molar-refractivity contribution in [1.29, 1.82) is 0 Å². The van der Waals surface area contributed by atoms with E-state index in [2.05, 4.69) is 0 Å². The van der Waals surface area contributed by atoms with Crippen LogP contribution in [0.1, 0.15) is 26.3 Å². The van der Waals surface area contributed by atoms with Crippen molar-refractivity contribution in [3.63, 3.8) is 0 Å². The molecule has 0 aliphatic heterocycles. The van der Waals surface area contributed by atoms with Crippen LogP contribution in [-0.2, 0) is 16.1 Å². The first-order chi connectivity index (χ1) is 13.0. The molecule has 0 aliphatic carbocycles. The van der Waals surface area contributed by atoms with Gasteiger partial charge in [0.25, 0.3) is 6.43 Å². The van der Waals surface area contributed by atoms with Gasteiger partial charge in [-0.3, -0.25) is 0 Å². The number of likely N-dealkylation sites (N-methyl/N-ethyl adjacent to an activating group) is 1. The lowest BCUT2D eigenvalue weighted by molar-refractivity contribution is -0.00334. The molecule has 2 amide bonds. The normalized spacial score (nSPS) is 12.5. The predicted octanol–water partition coefficient (Wildman–Crippen LogP) is 3.68. The van der Waals surface area contributed by atoms with E-state index in [9.17, 15) is 23.5 Å². The summed E-state index contributed by atoms with van der Waals surface area (Å²) in [5.74, 6) is 0. The minimum absolute atomic E-state index is 0.0440. The third-order valence-electron chi connectivity index (χ3n) is 3.71. The Morgan fingerprint density at radius 2 is 1.75 bits per heavy atom. The van der Waals surface area contributed by atoms with Crippen molar-refractivity contribution in [2.75, 3.05) is 26.7 Å². The van der Waals surface area contributed by atoms with Crippen molar-refractivity contribution in [2.24, 2.45) is 0 Å². The fraction of sp³-hybridized carbons (Fsp3) is 0.579. The van der Waals surface area contributed by atoms with E-state index in [1.165, 1.54) is 11.9 Å². The molecule has 1 atom stereocenters. The molecule has 1 rings (SSSR count). The molecule has 0 saturated carbocycles. The minimum Gasteiger partial charge on any atom is -0.465 e. The molecular weight excluding hydrogens is 374 g/mol. The average Bonchev–Trinajstić information content (AvgIpc) is 2.58. The van der Waals surface area contributed by atoms with Gasteiger partial charge in [-0.1, -0.05) is 30.3 Å². The molecule has 1 N–H and O–H groups in total. The van der Waals surface area contributed by atoms with E-state index in [0.717, 1.165) is 5.56 Å². The van der Waals surface area contributed by atoms with E-state index in [-0.39, 0.29) is 19.8 Å². The van der Waals surface area contributed by atoms with E-state index in [0.29, 0.717) is 4.90 Å². The number of hydrogen-bond acceptors (Lipinski definition) is 4. The highest BCUT2D eigenvalue weighted by atomic mass is 19.3. The Balaban J connectivity index is 2.84. The maximum atomic E-state index is 12.7. The zero-order valence-corrected chi connectivity index (χ0v) is 16.6. The third-order valence-corrected chi connectivity index (χ3v) is 3.71. The second-order valence-corrected chi connectivity index (χ2v) is 7.32. The quantitative estimate of drug-likeness (QED) is 0.682. The Labute approximate surface area is 163 Å². The number of halogens is 2. The number of hydrogen-bond donors (Lipinski definition) is 1. The lowest BCUT2D eigenvalue weighted by Gasteiger charge is -2.33. The summed E-state index contributed by atoms with van der Waals surface area (Å²) >= 11 is 0. The number of benzene rings is 1. The smallest absolute Gasteiger partial charge is 0.410 e. The van der Waals surface area contributed by atoms with Crippen LogP contribution in [0.4, 0.5) is 18.4 Å². The van der Waals surface area contributed by atoms with Crippen molar-refractivity contribution in [1.82, 2.24) is 9.80 Å². The number of rotatable bonds is 9. The Morgan fingerprint density at radius 3 is 2.25 bits per heavy atom. The lowest BCUT2D eigenvalue weighted by atomic mass is 10.2. The van der Waals surface area contributed by atoms with E-state index >= 15 is 0 Å². The fourth-order valence-corrected chi connectivity index (χ4v) is 2.31. The monoisotopic (exact) mass is 402 g/mol. The molecular formula is C19H28F2N2O5. The Bertz CT molecular complexity index is 623. The van der Waals surface area contributed by atoms with Gasteiger partial charge in [0, 0.05) is 13.6 Å². The summed E-state index contributed by atoms with van der Waals surface area (Å²) in [5.41, 5.74) is 0.139. The summed E-state index contributed by atoms with van der Waals surface area (Å²) in [4.78, 5) is 25.4. The second-order valence-electron chi connectivity index (χ2n) is 7.32. The molecule has 0 aliphatic rings. The van der Waals surface area contributed by atoms with E-state index in [4.69, 9.17) is 9.47 Å². The highest BCUT2D eigenvalue weighted by molar-refractivity contribution is 5.69. The van der Waals surface area contributed by atoms with Crippen LogP contribution in [0.2, 0.25) is 0 Å². The van der Waals surface area contributed by atoms with E-state index in [1.54, 1.807) is 20.8 Å². The van der Waals surface area contributed by atoms with Gasteiger partial charge in [-0.15, -0.1) is 0 Å². The van der Waals surface area contributed by atoms with Crippen molar-refractivity contribution in [2.45, 2.75) is 45.4 Å². The summed E-state index contributed by atoms with van der Waals surface area (Å²) in [6.07, 6.45) is -5.01. The van der Waals surface area contributed by atoms with Gasteiger partial charge < -0.3 is 24.4 Å². The molecule has 0 bridgehead atoms. The van der Waals surface area contributed by atoms with E-state index < -0.39 is 36.8 Å². The largest absolute Gasteiger partial charge is 0.465 e. The summed E-state index contributed by atoms with van der Waals surface area (Å²) in [6, 6.07) is 8.46. The van der Waals surface area contributed by atoms with Crippen LogP contribution in [0.3, 0.4) is 0 Å². The molecule has 7 nitrogen and oxygen atoms in total. The topological polar surface area (TPSA) is 79.3 Å². The van der Waals surface area contributed by atoms with Crippen molar-refractivity contribution in [3.05, 3.63) is 35.9 Å². The van der Waals surface area contributed by atoms with Crippen molar-refractivity contribution < 1.29 is 33.0 Å². The van der Waals surface area contributed by atoms with Gasteiger partial charge in [0.05, 0.1) is 25.8 Å². The second kappa shape index (κ2) is 10.8. The molecule has 9 heteroatoms. The maximum Gasteiger partial charge on any atom is 0.410 e. The van der Waals surface area contributed by atoms with Gasteiger partial charge in [0.2, 0.25) is 0 Å². The van der Waals surface area contributed by atoms with Crippen LogP contribution in [0.25, 0.3) is 0 Å². The minimum atomic E-state index is -2.83. The number of alkyl halides is 2. The number of carbonyl (C=O) groups excluding carboxylic acids is 1. The number of carboxylic acid groups (broad SMARTS) is 1. The van der Waals surface area contributed by atoms with Gasteiger partial charge in [-0.25, -0.2) is 18.4 Å². The van der Waals surface area contributed by atoms with Crippen LogP contribution in [0, 0.1) is 0 Å². The lowest BCUT2D eigenvalue weighted by Crippen LogP contribution is -2.50. The molecule has 0 aromatic heterocycles. The Kier molecular flexibility index (Phi) is 9.11. The molecule has 0 fully saturated rings. The number of carbonyl (C=O) groups is 2. The average molecular weight is 402 g/mol. The maximum absolute atomic E-state index is 12.7. The molecule has 1 aromatic rings. The molecule has 0 heterocycles. The predicted molar refractivity (Wildman–Crippen MR) is 99.5 cm³/mol. The number of ether oxygens (including phenoxy) is 2. The Hall–Kier alpha value is -2.42. The molecule has 0 saturated heterocycles. The van der Waals surface area contributed by atoms with Gasteiger partial charge >= 0.3 is 12.2 Å². The zero-order valence-electron chi connectivity index (χ0n) is 16.6. The van der Waals surface area contributed by atoms with Crippen LogP contribution < -0.4 is 0 Å². The summed E-state index contributed by atoms with van der Waals surface area (Å²) in [5, 5.41) is 9.20. The highest BCUT2D eigenvalue weighted by Gasteiger charge is 2.29. The van der Waals surface area contributed by atoms with Crippen LogP contribution >= 0.6 is 0 Å². The van der Waals surface area contributed by atoms with Crippen molar-refractivity contribution in [3.8, 4) is 0 Å². The SMILES string of the molecule is CN(C(=O)OC(C)(C)C)[C@H](COCc1ccccc1)CN(CC(F)F)C(=O)O. The van der Waals surface area contributed by atoms with Crippen LogP contribution in [-0.4, -0.2) is 71.9 Å². The van der Waals surface area contributed by atoms with Gasteiger partial charge in [-0.2, -0.15) is 0 Å². The molecule has 0 radical (unpaired) electrons. The molecule has 1 aromatic carbocycles. The first-order valence-corrected chi connectivity index (χ1v) is 8.83. The zero-order chi connectivity index (χ0) is 21.3. The van der Waals surface area contributed by atoms with Crippen molar-refractivity contribution >= 4 is 12.2 Å². The first kappa shape index (κ1) is 23.6. The molecule has 28 heavy (non-hydrogen) atoms. The summed E-state index contributed by atoms with van der Waals surface area (Å²) in [6.45, 7) is 4.00. The van der Waals surface area contributed by atoms with Gasteiger partial charge in [0.1, 0.15) is 5.60 Å². The molecule has 0 spiro atoms. The Morgan fingerprint density at radius 1 is 1.14 bits per heavy atom. The van der Waals surface area contributed by atoms with Gasteiger partial charge in [0.15, 0.2) is 0 Å². The standard InChI is InChI=1S/C19H28F2N2O5/c1-19(2,3)28-18(26)22(4)15(10-23(17(24)25)11-16(20)21)13-27-12-14-8-6-5-7-9-14/h5-9,15-16H,10-13H2,1-4H3,(H,24,25)/t15-/m0/s1. The number of amides is 2. The van der Waals surface area contributed by atoms with E-state index in [1.807, 2.05) is 30.3 Å². The highest BCUT2D eigenvalue weighted by Crippen LogP contribution is 2.13. The third kappa shape index (κ3) is 8.98. The number of nitrogens with zero attached hydrogens (tertiary/aromatic N) is 2. The summed E-state index contributed by atoms with van der Waals surface area (Å²) in [7, 11) is 1.42. The van der Waals surface area contributed by atoms with Crippen LogP contribution in [0.15, 0.2) is 30.3 Å². The fourth-order valence-electron chi connectivity index (χ4n) is 2.31. The first-order valence-electron chi connectivity index (χ1n) is 8.83. The summed E-state index contributed by atoms with van der Waals surface area (Å²) < 4.78 is 36.3.